The van der Waals surface area contributed by atoms with Gasteiger partial charge in [0.25, 0.3) is 11.8 Å². The molecule has 1 fully saturated rings. The summed E-state index contributed by atoms with van der Waals surface area (Å²) < 4.78 is 19.2. The fourth-order valence-corrected chi connectivity index (χ4v) is 3.05. The van der Waals surface area contributed by atoms with Gasteiger partial charge >= 0.3 is 0 Å². The van der Waals surface area contributed by atoms with Crippen molar-refractivity contribution in [1.82, 2.24) is 10.1 Å². The molecule has 1 aromatic heterocycles. The van der Waals surface area contributed by atoms with Crippen molar-refractivity contribution in [2.45, 2.75) is 31.7 Å². The molecule has 0 atom stereocenters. The summed E-state index contributed by atoms with van der Waals surface area (Å²) in [7, 11) is 0. The van der Waals surface area contributed by atoms with Crippen LogP contribution in [0.1, 0.15) is 41.0 Å². The second-order valence-electron chi connectivity index (χ2n) is 6.90. The smallest absolute Gasteiger partial charge is 0.258 e. The first-order valence-electron chi connectivity index (χ1n) is 8.76. The van der Waals surface area contributed by atoms with E-state index in [1.54, 1.807) is 12.1 Å². The Morgan fingerprint density at radius 2 is 2.04 bits per heavy atom. The van der Waals surface area contributed by atoms with Crippen LogP contribution in [-0.2, 0) is 5.54 Å². The molecule has 6 nitrogen and oxygen atoms in total. The van der Waals surface area contributed by atoms with Crippen LogP contribution in [0.3, 0.4) is 0 Å². The summed E-state index contributed by atoms with van der Waals surface area (Å²) in [6.45, 7) is 1.85. The van der Waals surface area contributed by atoms with Crippen LogP contribution in [-0.4, -0.2) is 16.0 Å². The lowest BCUT2D eigenvalue weighted by atomic mass is 9.77. The van der Waals surface area contributed by atoms with Crippen LogP contribution in [0.4, 0.5) is 10.1 Å². The number of carbonyl (C=O) groups is 1. The number of nitrogens with zero attached hydrogens (tertiary/aromatic N) is 2. The zero-order valence-electron chi connectivity index (χ0n) is 14.8. The van der Waals surface area contributed by atoms with Crippen LogP contribution in [0.25, 0.3) is 11.5 Å². The molecule has 0 aliphatic heterocycles. The zero-order valence-corrected chi connectivity index (χ0v) is 14.8. The van der Waals surface area contributed by atoms with Crippen molar-refractivity contribution in [3.05, 3.63) is 65.2 Å². The third kappa shape index (κ3) is 3.21. The zero-order chi connectivity index (χ0) is 19.0. The summed E-state index contributed by atoms with van der Waals surface area (Å²) in [6, 6.07) is 11.2. The summed E-state index contributed by atoms with van der Waals surface area (Å²) in [5, 5.41) is 6.75. The standard InChI is InChI=1S/C20H19FN4O2/c1-12-7-8-13(18-24-19(25-27-18)20(22)9-4-10-20)11-16(12)23-17(26)14-5-2-3-6-15(14)21/h2-3,5-8,11H,4,9-10,22H2,1H3,(H,23,26). The van der Waals surface area contributed by atoms with Crippen molar-refractivity contribution in [3.63, 3.8) is 0 Å². The fourth-order valence-electron chi connectivity index (χ4n) is 3.05. The van der Waals surface area contributed by atoms with Gasteiger partial charge in [-0.1, -0.05) is 23.4 Å². The molecule has 1 aliphatic carbocycles. The Morgan fingerprint density at radius 3 is 2.74 bits per heavy atom. The normalized spacial score (nSPS) is 15.2. The Morgan fingerprint density at radius 1 is 1.26 bits per heavy atom. The Balaban J connectivity index is 1.60. The molecule has 138 valence electrons. The Hall–Kier alpha value is -3.06. The number of aryl methyl sites for hydroxylation is 1. The molecule has 27 heavy (non-hydrogen) atoms. The lowest BCUT2D eigenvalue weighted by Crippen LogP contribution is -2.44. The van der Waals surface area contributed by atoms with Gasteiger partial charge in [-0.25, -0.2) is 4.39 Å². The molecular weight excluding hydrogens is 347 g/mol. The summed E-state index contributed by atoms with van der Waals surface area (Å²) in [5.74, 6) is -0.251. The molecule has 0 bridgehead atoms. The summed E-state index contributed by atoms with van der Waals surface area (Å²) >= 11 is 0. The van der Waals surface area contributed by atoms with Gasteiger partial charge in [0.2, 0.25) is 0 Å². The van der Waals surface area contributed by atoms with E-state index in [-0.39, 0.29) is 5.56 Å². The van der Waals surface area contributed by atoms with Crippen LogP contribution >= 0.6 is 0 Å². The molecule has 1 amide bonds. The summed E-state index contributed by atoms with van der Waals surface area (Å²) in [6.07, 6.45) is 2.73. The number of hydrogen-bond donors (Lipinski definition) is 2. The van der Waals surface area contributed by atoms with Gasteiger partial charge in [-0.05, 0) is 56.0 Å². The average Bonchev–Trinajstić information content (AvgIpc) is 3.12. The minimum absolute atomic E-state index is 0.0163. The van der Waals surface area contributed by atoms with Gasteiger partial charge in [0.15, 0.2) is 5.82 Å². The molecule has 1 saturated carbocycles. The summed E-state index contributed by atoms with van der Waals surface area (Å²) in [5.41, 5.74) is 7.75. The molecule has 0 unspecified atom stereocenters. The van der Waals surface area contributed by atoms with Gasteiger partial charge in [0.05, 0.1) is 11.1 Å². The maximum absolute atomic E-state index is 13.8. The maximum Gasteiger partial charge on any atom is 0.258 e. The number of halogens is 1. The molecule has 2 aromatic carbocycles. The van der Waals surface area contributed by atoms with Crippen molar-refractivity contribution < 1.29 is 13.7 Å². The quantitative estimate of drug-likeness (QED) is 0.733. The number of benzene rings is 2. The van der Waals surface area contributed by atoms with Crippen LogP contribution in [0.15, 0.2) is 47.0 Å². The third-order valence-corrected chi connectivity index (χ3v) is 4.97. The molecule has 3 N–H and O–H groups in total. The molecular formula is C20H19FN4O2. The van der Waals surface area contributed by atoms with Gasteiger partial charge in [-0.2, -0.15) is 4.98 Å². The van der Waals surface area contributed by atoms with E-state index in [1.807, 2.05) is 19.1 Å². The summed E-state index contributed by atoms with van der Waals surface area (Å²) in [4.78, 5) is 16.8. The molecule has 3 aromatic rings. The van der Waals surface area contributed by atoms with Crippen molar-refractivity contribution >= 4 is 11.6 Å². The first kappa shape index (κ1) is 17.4. The van der Waals surface area contributed by atoms with E-state index in [0.29, 0.717) is 23.0 Å². The largest absolute Gasteiger partial charge is 0.334 e. The lowest BCUT2D eigenvalue weighted by molar-refractivity contribution is 0.102. The van der Waals surface area contributed by atoms with Crippen molar-refractivity contribution in [2.75, 3.05) is 5.32 Å². The lowest BCUT2D eigenvalue weighted by Gasteiger charge is -2.34. The highest BCUT2D eigenvalue weighted by Gasteiger charge is 2.39. The SMILES string of the molecule is Cc1ccc(-c2nc(C3(N)CCC3)no2)cc1NC(=O)c1ccccc1F. The van der Waals surface area contributed by atoms with E-state index in [4.69, 9.17) is 10.3 Å². The van der Waals surface area contributed by atoms with Gasteiger partial charge < -0.3 is 15.6 Å². The maximum atomic E-state index is 13.8. The molecule has 7 heteroatoms. The van der Waals surface area contributed by atoms with Crippen LogP contribution in [0.2, 0.25) is 0 Å². The van der Waals surface area contributed by atoms with E-state index >= 15 is 0 Å². The number of rotatable bonds is 4. The number of amides is 1. The molecule has 0 saturated heterocycles. The van der Waals surface area contributed by atoms with Crippen LogP contribution < -0.4 is 11.1 Å². The van der Waals surface area contributed by atoms with Crippen molar-refractivity contribution in [3.8, 4) is 11.5 Å². The second kappa shape index (κ2) is 6.59. The number of hydrogen-bond acceptors (Lipinski definition) is 5. The number of nitrogens with one attached hydrogen (secondary N) is 1. The van der Waals surface area contributed by atoms with Gasteiger partial charge in [-0.3, -0.25) is 4.79 Å². The Bertz CT molecular complexity index is 1010. The van der Waals surface area contributed by atoms with Crippen LogP contribution in [0.5, 0.6) is 0 Å². The highest BCUT2D eigenvalue weighted by molar-refractivity contribution is 6.05. The average molecular weight is 366 g/mol. The molecule has 0 radical (unpaired) electrons. The molecule has 4 rings (SSSR count). The van der Waals surface area contributed by atoms with Crippen molar-refractivity contribution in [1.29, 1.82) is 0 Å². The molecule has 0 spiro atoms. The first-order chi connectivity index (χ1) is 13.0. The Labute approximate surface area is 155 Å². The van der Waals surface area contributed by atoms with Gasteiger partial charge in [-0.15, -0.1) is 0 Å². The van der Waals surface area contributed by atoms with E-state index < -0.39 is 17.3 Å². The topological polar surface area (TPSA) is 94.0 Å². The van der Waals surface area contributed by atoms with Crippen LogP contribution in [0, 0.1) is 12.7 Å². The third-order valence-electron chi connectivity index (χ3n) is 4.97. The Kier molecular flexibility index (Phi) is 4.24. The molecule has 1 aliphatic rings. The monoisotopic (exact) mass is 366 g/mol. The van der Waals surface area contributed by atoms with Gasteiger partial charge in [0.1, 0.15) is 5.82 Å². The number of nitrogens with two attached hydrogens (primary N) is 1. The predicted octanol–water partition coefficient (Wildman–Crippen LogP) is 3.77. The predicted molar refractivity (Wildman–Crippen MR) is 98.5 cm³/mol. The van der Waals surface area contributed by atoms with E-state index in [9.17, 15) is 9.18 Å². The number of carbonyl (C=O) groups excluding carboxylic acids is 1. The highest BCUT2D eigenvalue weighted by Crippen LogP contribution is 2.38. The number of anilines is 1. The van der Waals surface area contributed by atoms with Crippen molar-refractivity contribution in [2.24, 2.45) is 5.73 Å². The van der Waals surface area contributed by atoms with E-state index in [0.717, 1.165) is 24.8 Å². The molecule has 1 heterocycles. The highest BCUT2D eigenvalue weighted by atomic mass is 19.1. The second-order valence-corrected chi connectivity index (χ2v) is 6.90. The minimum Gasteiger partial charge on any atom is -0.334 e. The first-order valence-corrected chi connectivity index (χ1v) is 8.76. The van der Waals surface area contributed by atoms with E-state index in [1.165, 1.54) is 18.2 Å². The fraction of sp³-hybridized carbons (Fsp3) is 0.250. The number of aromatic nitrogens is 2. The van der Waals surface area contributed by atoms with E-state index in [2.05, 4.69) is 15.5 Å². The minimum atomic E-state index is -0.570. The van der Waals surface area contributed by atoms with Gasteiger partial charge in [0, 0.05) is 11.3 Å².